The molecule has 0 aliphatic heterocycles. The van der Waals surface area contributed by atoms with E-state index in [9.17, 15) is 0 Å². The number of aromatic nitrogens is 3. The van der Waals surface area contributed by atoms with E-state index in [2.05, 4.69) is 10.3 Å². The Morgan fingerprint density at radius 3 is 2.71 bits per heavy atom. The van der Waals surface area contributed by atoms with Crippen LogP contribution >= 0.6 is 0 Å². The summed E-state index contributed by atoms with van der Waals surface area (Å²) in [4.78, 5) is 0. The van der Waals surface area contributed by atoms with Crippen LogP contribution in [-0.2, 0) is 6.61 Å². The fourth-order valence-corrected chi connectivity index (χ4v) is 1.93. The molecule has 5 nitrogen and oxygen atoms in total. The number of nitrogens with two attached hydrogens (primary N) is 1. The number of rotatable bonds is 2. The molecule has 0 unspecified atom stereocenters. The van der Waals surface area contributed by atoms with E-state index in [-0.39, 0.29) is 6.61 Å². The van der Waals surface area contributed by atoms with E-state index in [0.29, 0.717) is 17.8 Å². The summed E-state index contributed by atoms with van der Waals surface area (Å²) in [5.41, 5.74) is 6.46. The zero-order valence-electron chi connectivity index (χ0n) is 8.13. The van der Waals surface area contributed by atoms with Crippen LogP contribution in [0.5, 0.6) is 0 Å². The minimum atomic E-state index is -0.0355. The van der Waals surface area contributed by atoms with Gasteiger partial charge in [-0.25, -0.2) is 4.68 Å². The summed E-state index contributed by atoms with van der Waals surface area (Å²) in [6.45, 7) is -0.0355. The summed E-state index contributed by atoms with van der Waals surface area (Å²) in [6, 6.07) is 0.773. The van der Waals surface area contributed by atoms with E-state index in [1.54, 1.807) is 0 Å². The van der Waals surface area contributed by atoms with Crippen LogP contribution in [0.4, 0.5) is 0 Å². The molecule has 0 saturated heterocycles. The predicted octanol–water partition coefficient (Wildman–Crippen LogP) is 0.213. The summed E-state index contributed by atoms with van der Waals surface area (Å²) in [7, 11) is 0. The summed E-state index contributed by atoms with van der Waals surface area (Å²) >= 11 is 0. The monoisotopic (exact) mass is 196 g/mol. The Morgan fingerprint density at radius 1 is 1.43 bits per heavy atom. The Hall–Kier alpha value is -0.940. The van der Waals surface area contributed by atoms with Crippen LogP contribution in [0, 0.1) is 0 Å². The summed E-state index contributed by atoms with van der Waals surface area (Å²) in [5.74, 6) is 0. The Morgan fingerprint density at radius 2 is 2.14 bits per heavy atom. The maximum Gasteiger partial charge on any atom is 0.108 e. The Bertz CT molecular complexity index is 291. The Kier molecular flexibility index (Phi) is 2.79. The zero-order valence-corrected chi connectivity index (χ0v) is 8.13. The quantitative estimate of drug-likeness (QED) is 0.709. The molecule has 2 rings (SSSR count). The van der Waals surface area contributed by atoms with Crippen LogP contribution in [0.25, 0.3) is 0 Å². The molecule has 0 spiro atoms. The topological polar surface area (TPSA) is 77.0 Å². The standard InChI is InChI=1S/C9H16N4O/c10-7-1-3-9(4-2-7)13-5-8(6-14)11-12-13/h5,7,9,14H,1-4,6,10H2. The van der Waals surface area contributed by atoms with Crippen LogP contribution in [0.3, 0.4) is 0 Å². The van der Waals surface area contributed by atoms with Gasteiger partial charge < -0.3 is 10.8 Å². The van der Waals surface area contributed by atoms with Crippen LogP contribution < -0.4 is 5.73 Å². The van der Waals surface area contributed by atoms with Crippen molar-refractivity contribution in [2.24, 2.45) is 5.73 Å². The van der Waals surface area contributed by atoms with Gasteiger partial charge in [-0.3, -0.25) is 0 Å². The highest BCUT2D eigenvalue weighted by molar-refractivity contribution is 4.91. The normalized spacial score (nSPS) is 27.9. The third kappa shape index (κ3) is 1.93. The van der Waals surface area contributed by atoms with Crippen molar-refractivity contribution in [3.05, 3.63) is 11.9 Å². The van der Waals surface area contributed by atoms with Crippen molar-refractivity contribution >= 4 is 0 Å². The van der Waals surface area contributed by atoms with E-state index < -0.39 is 0 Å². The van der Waals surface area contributed by atoms with Gasteiger partial charge in [0.2, 0.25) is 0 Å². The first kappa shape index (κ1) is 9.61. The Balaban J connectivity index is 2.01. The van der Waals surface area contributed by atoms with Crippen molar-refractivity contribution in [2.75, 3.05) is 0 Å². The van der Waals surface area contributed by atoms with E-state index in [0.717, 1.165) is 25.7 Å². The largest absolute Gasteiger partial charge is 0.390 e. The molecule has 0 amide bonds. The molecule has 0 aromatic carbocycles. The molecular weight excluding hydrogens is 180 g/mol. The maximum atomic E-state index is 8.86. The van der Waals surface area contributed by atoms with Crippen molar-refractivity contribution in [3.63, 3.8) is 0 Å². The average molecular weight is 196 g/mol. The third-order valence-corrected chi connectivity index (χ3v) is 2.84. The molecule has 1 heterocycles. The highest BCUT2D eigenvalue weighted by atomic mass is 16.3. The minimum Gasteiger partial charge on any atom is -0.390 e. The van der Waals surface area contributed by atoms with E-state index in [1.807, 2.05) is 10.9 Å². The average Bonchev–Trinajstić information content (AvgIpc) is 2.67. The lowest BCUT2D eigenvalue weighted by Gasteiger charge is -2.25. The summed E-state index contributed by atoms with van der Waals surface area (Å²) < 4.78 is 1.86. The first-order valence-corrected chi connectivity index (χ1v) is 5.06. The predicted molar refractivity (Wildman–Crippen MR) is 51.4 cm³/mol. The second-order valence-corrected chi connectivity index (χ2v) is 3.92. The molecule has 1 aliphatic rings. The van der Waals surface area contributed by atoms with Crippen molar-refractivity contribution in [1.29, 1.82) is 0 Å². The van der Waals surface area contributed by atoms with E-state index in [4.69, 9.17) is 10.8 Å². The lowest BCUT2D eigenvalue weighted by molar-refractivity contribution is 0.276. The van der Waals surface area contributed by atoms with Gasteiger partial charge in [0.1, 0.15) is 5.69 Å². The number of nitrogens with zero attached hydrogens (tertiary/aromatic N) is 3. The molecule has 0 bridgehead atoms. The van der Waals surface area contributed by atoms with Crippen LogP contribution in [0.1, 0.15) is 37.4 Å². The van der Waals surface area contributed by atoms with Gasteiger partial charge in [-0.1, -0.05) is 5.21 Å². The SMILES string of the molecule is NC1CCC(n2cc(CO)nn2)CC1. The summed E-state index contributed by atoms with van der Waals surface area (Å²) in [5, 5.41) is 16.7. The minimum absolute atomic E-state index is 0.0355. The van der Waals surface area contributed by atoms with Gasteiger partial charge >= 0.3 is 0 Å². The molecule has 1 fully saturated rings. The smallest absolute Gasteiger partial charge is 0.108 e. The number of aliphatic hydroxyl groups is 1. The molecule has 0 atom stereocenters. The molecule has 78 valence electrons. The van der Waals surface area contributed by atoms with Gasteiger partial charge in [0.25, 0.3) is 0 Å². The van der Waals surface area contributed by atoms with Gasteiger partial charge in [0, 0.05) is 6.04 Å². The molecule has 5 heteroatoms. The lowest BCUT2D eigenvalue weighted by Crippen LogP contribution is -2.28. The molecule has 0 radical (unpaired) electrons. The molecule has 1 aromatic heterocycles. The molecular formula is C9H16N4O. The van der Waals surface area contributed by atoms with E-state index >= 15 is 0 Å². The van der Waals surface area contributed by atoms with Crippen molar-refractivity contribution in [2.45, 2.75) is 44.4 Å². The molecule has 1 aliphatic carbocycles. The molecule has 3 N–H and O–H groups in total. The third-order valence-electron chi connectivity index (χ3n) is 2.84. The van der Waals surface area contributed by atoms with Crippen LogP contribution in [0.15, 0.2) is 6.20 Å². The Labute approximate surface area is 82.9 Å². The second-order valence-electron chi connectivity index (χ2n) is 3.92. The van der Waals surface area contributed by atoms with Gasteiger partial charge in [-0.2, -0.15) is 0 Å². The molecule has 1 aromatic rings. The van der Waals surface area contributed by atoms with Crippen LogP contribution in [0.2, 0.25) is 0 Å². The maximum absolute atomic E-state index is 8.86. The number of hydrogen-bond donors (Lipinski definition) is 2. The number of hydrogen-bond acceptors (Lipinski definition) is 4. The first-order chi connectivity index (χ1) is 6.79. The van der Waals surface area contributed by atoms with Gasteiger partial charge in [-0.05, 0) is 25.7 Å². The highest BCUT2D eigenvalue weighted by Gasteiger charge is 2.20. The lowest BCUT2D eigenvalue weighted by atomic mass is 9.92. The van der Waals surface area contributed by atoms with Gasteiger partial charge in [0.05, 0.1) is 18.8 Å². The van der Waals surface area contributed by atoms with Crippen molar-refractivity contribution in [1.82, 2.24) is 15.0 Å². The van der Waals surface area contributed by atoms with Crippen LogP contribution in [-0.4, -0.2) is 26.1 Å². The van der Waals surface area contributed by atoms with E-state index in [1.165, 1.54) is 0 Å². The fourth-order valence-electron chi connectivity index (χ4n) is 1.93. The first-order valence-electron chi connectivity index (χ1n) is 5.06. The van der Waals surface area contributed by atoms with Gasteiger partial charge in [-0.15, -0.1) is 5.10 Å². The summed E-state index contributed by atoms with van der Waals surface area (Å²) in [6.07, 6.45) is 6.06. The van der Waals surface area contributed by atoms with Gasteiger partial charge in [0.15, 0.2) is 0 Å². The second kappa shape index (κ2) is 4.06. The zero-order chi connectivity index (χ0) is 9.97. The molecule has 14 heavy (non-hydrogen) atoms. The number of aliphatic hydroxyl groups excluding tert-OH is 1. The highest BCUT2D eigenvalue weighted by Crippen LogP contribution is 2.26. The van der Waals surface area contributed by atoms with Crippen molar-refractivity contribution < 1.29 is 5.11 Å². The fraction of sp³-hybridized carbons (Fsp3) is 0.778. The van der Waals surface area contributed by atoms with Crippen molar-refractivity contribution in [3.8, 4) is 0 Å². The molecule has 1 saturated carbocycles.